The third-order valence-corrected chi connectivity index (χ3v) is 6.48. The normalized spacial score (nSPS) is 21.2. The van der Waals surface area contributed by atoms with Crippen molar-refractivity contribution in [2.75, 3.05) is 44.7 Å². The van der Waals surface area contributed by atoms with Crippen LogP contribution in [0.3, 0.4) is 0 Å². The lowest BCUT2D eigenvalue weighted by atomic mass is 9.96. The average Bonchev–Trinajstić information content (AvgIpc) is 3.24. The first-order valence-electron chi connectivity index (χ1n) is 10.8. The second kappa shape index (κ2) is 7.93. The highest BCUT2D eigenvalue weighted by Crippen LogP contribution is 2.31. The standard InChI is InChI=1S/C24H25N5O3/c25-13-20-12-19-11-18(5-6-21(19)27-20)16-1-3-17(4-2-16)22(30)28-7-9-29(10-8-28)23(31)24(26)14-32-15-24/h1-6,11,20,27H,7-10,12,14-15,26H2. The lowest BCUT2D eigenvalue weighted by molar-refractivity contribution is -0.155. The fourth-order valence-corrected chi connectivity index (χ4v) is 4.48. The Morgan fingerprint density at radius 3 is 2.31 bits per heavy atom. The first kappa shape index (κ1) is 20.5. The van der Waals surface area contributed by atoms with Crippen molar-refractivity contribution in [3.8, 4) is 17.2 Å². The number of nitriles is 1. The Labute approximate surface area is 186 Å². The molecule has 0 bridgehead atoms. The van der Waals surface area contributed by atoms with Crippen LogP contribution in [0.15, 0.2) is 42.5 Å². The van der Waals surface area contributed by atoms with E-state index in [0.717, 1.165) is 22.4 Å². The molecule has 0 spiro atoms. The van der Waals surface area contributed by atoms with Crippen molar-refractivity contribution in [1.29, 1.82) is 5.26 Å². The van der Waals surface area contributed by atoms with E-state index in [1.807, 2.05) is 36.4 Å². The van der Waals surface area contributed by atoms with Crippen molar-refractivity contribution in [1.82, 2.24) is 9.80 Å². The summed E-state index contributed by atoms with van der Waals surface area (Å²) in [4.78, 5) is 29.0. The van der Waals surface area contributed by atoms with Crippen molar-refractivity contribution in [3.05, 3.63) is 53.6 Å². The van der Waals surface area contributed by atoms with Crippen LogP contribution >= 0.6 is 0 Å². The number of hydrogen-bond donors (Lipinski definition) is 2. The van der Waals surface area contributed by atoms with Crippen molar-refractivity contribution < 1.29 is 14.3 Å². The first-order chi connectivity index (χ1) is 15.5. The number of rotatable bonds is 3. The van der Waals surface area contributed by atoms with Crippen LogP contribution < -0.4 is 11.1 Å². The molecule has 0 saturated carbocycles. The monoisotopic (exact) mass is 431 g/mol. The van der Waals surface area contributed by atoms with E-state index >= 15 is 0 Å². The van der Waals surface area contributed by atoms with Gasteiger partial charge in [-0.05, 0) is 41.0 Å². The van der Waals surface area contributed by atoms with Crippen LogP contribution in [0.25, 0.3) is 11.1 Å². The van der Waals surface area contributed by atoms with E-state index in [0.29, 0.717) is 38.2 Å². The Balaban J connectivity index is 1.22. The van der Waals surface area contributed by atoms with Gasteiger partial charge in [0.2, 0.25) is 5.91 Å². The number of piperazine rings is 1. The Morgan fingerprint density at radius 2 is 1.69 bits per heavy atom. The number of anilines is 1. The second-order valence-electron chi connectivity index (χ2n) is 8.71. The van der Waals surface area contributed by atoms with Crippen LogP contribution in [0.4, 0.5) is 5.69 Å². The molecule has 3 N–H and O–H groups in total. The molecule has 0 radical (unpaired) electrons. The summed E-state index contributed by atoms with van der Waals surface area (Å²) in [6.45, 7) is 2.46. The molecule has 2 saturated heterocycles. The van der Waals surface area contributed by atoms with E-state index in [2.05, 4.69) is 17.5 Å². The summed E-state index contributed by atoms with van der Waals surface area (Å²) in [5.74, 6) is -0.126. The second-order valence-corrected chi connectivity index (χ2v) is 8.71. The van der Waals surface area contributed by atoms with Gasteiger partial charge in [-0.2, -0.15) is 5.26 Å². The topological polar surface area (TPSA) is 112 Å². The molecule has 8 heteroatoms. The average molecular weight is 431 g/mol. The molecule has 2 amide bonds. The quantitative estimate of drug-likeness (QED) is 0.756. The largest absolute Gasteiger partial charge is 0.376 e. The molecule has 3 aliphatic rings. The highest BCUT2D eigenvalue weighted by atomic mass is 16.5. The zero-order valence-corrected chi connectivity index (χ0v) is 17.7. The Kier molecular flexibility index (Phi) is 5.08. The molecule has 2 aromatic carbocycles. The maximum Gasteiger partial charge on any atom is 0.253 e. The van der Waals surface area contributed by atoms with Crippen LogP contribution in [0.2, 0.25) is 0 Å². The molecule has 1 atom stereocenters. The van der Waals surface area contributed by atoms with Crippen LogP contribution in [0, 0.1) is 11.3 Å². The van der Waals surface area contributed by atoms with Crippen molar-refractivity contribution in [3.63, 3.8) is 0 Å². The van der Waals surface area contributed by atoms with Gasteiger partial charge in [-0.15, -0.1) is 0 Å². The van der Waals surface area contributed by atoms with Gasteiger partial charge >= 0.3 is 0 Å². The van der Waals surface area contributed by atoms with Gasteiger partial charge in [0.25, 0.3) is 5.91 Å². The zero-order chi connectivity index (χ0) is 22.3. The Bertz CT molecular complexity index is 1100. The minimum atomic E-state index is -0.898. The third kappa shape index (κ3) is 3.60. The predicted octanol–water partition coefficient (Wildman–Crippen LogP) is 1.23. The molecule has 5 rings (SSSR count). The van der Waals surface area contributed by atoms with Crippen LogP contribution in [0.5, 0.6) is 0 Å². The third-order valence-electron chi connectivity index (χ3n) is 6.48. The van der Waals surface area contributed by atoms with Gasteiger partial charge in [0.1, 0.15) is 11.6 Å². The summed E-state index contributed by atoms with van der Waals surface area (Å²) >= 11 is 0. The molecule has 3 heterocycles. The van der Waals surface area contributed by atoms with E-state index < -0.39 is 5.54 Å². The molecular formula is C24H25N5O3. The van der Waals surface area contributed by atoms with Gasteiger partial charge < -0.3 is 25.6 Å². The van der Waals surface area contributed by atoms with Gasteiger partial charge in [-0.25, -0.2) is 0 Å². The van der Waals surface area contributed by atoms with E-state index in [4.69, 9.17) is 15.7 Å². The van der Waals surface area contributed by atoms with Crippen molar-refractivity contribution >= 4 is 17.5 Å². The van der Waals surface area contributed by atoms with Gasteiger partial charge in [0.05, 0.1) is 19.3 Å². The fourth-order valence-electron chi connectivity index (χ4n) is 4.48. The number of ether oxygens (including phenoxy) is 1. The van der Waals surface area contributed by atoms with Crippen LogP contribution in [0.1, 0.15) is 15.9 Å². The number of amides is 2. The molecule has 3 aliphatic heterocycles. The van der Waals surface area contributed by atoms with Gasteiger partial charge in [-0.3, -0.25) is 9.59 Å². The van der Waals surface area contributed by atoms with Gasteiger partial charge in [0.15, 0.2) is 0 Å². The van der Waals surface area contributed by atoms with E-state index in [9.17, 15) is 9.59 Å². The lowest BCUT2D eigenvalue weighted by Crippen LogP contribution is -2.68. The highest BCUT2D eigenvalue weighted by molar-refractivity contribution is 5.95. The fraction of sp³-hybridized carbons (Fsp3) is 0.375. The number of nitrogens with two attached hydrogens (primary N) is 1. The number of carbonyl (C=O) groups is 2. The minimum Gasteiger partial charge on any atom is -0.376 e. The molecule has 0 aliphatic carbocycles. The van der Waals surface area contributed by atoms with Gasteiger partial charge in [-0.1, -0.05) is 18.2 Å². The maximum atomic E-state index is 12.9. The molecule has 164 valence electrons. The van der Waals surface area contributed by atoms with Crippen molar-refractivity contribution in [2.45, 2.75) is 18.0 Å². The molecule has 32 heavy (non-hydrogen) atoms. The van der Waals surface area contributed by atoms with Crippen LogP contribution in [-0.2, 0) is 16.0 Å². The van der Waals surface area contributed by atoms with Gasteiger partial charge in [0, 0.05) is 43.9 Å². The summed E-state index contributed by atoms with van der Waals surface area (Å²) in [6.07, 6.45) is 0.697. The van der Waals surface area contributed by atoms with E-state index in [-0.39, 0.29) is 31.1 Å². The number of nitrogens with zero attached hydrogens (tertiary/aromatic N) is 3. The molecule has 8 nitrogen and oxygen atoms in total. The predicted molar refractivity (Wildman–Crippen MR) is 119 cm³/mol. The molecule has 2 fully saturated rings. The lowest BCUT2D eigenvalue weighted by Gasteiger charge is -2.43. The Hall–Kier alpha value is -3.41. The minimum absolute atomic E-state index is 0.0342. The van der Waals surface area contributed by atoms with Crippen LogP contribution in [-0.4, -0.2) is 72.6 Å². The number of hydrogen-bond acceptors (Lipinski definition) is 6. The van der Waals surface area contributed by atoms with E-state index in [1.165, 1.54) is 0 Å². The molecular weight excluding hydrogens is 406 g/mol. The molecule has 0 aromatic heterocycles. The van der Waals surface area contributed by atoms with Crippen molar-refractivity contribution in [2.24, 2.45) is 5.73 Å². The Morgan fingerprint density at radius 1 is 1.03 bits per heavy atom. The summed E-state index contributed by atoms with van der Waals surface area (Å²) in [5.41, 5.74) is 10.0. The smallest absolute Gasteiger partial charge is 0.253 e. The number of nitrogens with one attached hydrogen (secondary N) is 1. The summed E-state index contributed by atoms with van der Waals surface area (Å²) in [6, 6.07) is 15.8. The molecule has 2 aromatic rings. The summed E-state index contributed by atoms with van der Waals surface area (Å²) < 4.78 is 5.09. The zero-order valence-electron chi connectivity index (χ0n) is 17.7. The maximum absolute atomic E-state index is 12.9. The highest BCUT2D eigenvalue weighted by Gasteiger charge is 2.45. The first-order valence-corrected chi connectivity index (χ1v) is 10.8. The molecule has 1 unspecified atom stereocenters. The van der Waals surface area contributed by atoms with E-state index in [1.54, 1.807) is 9.80 Å². The summed E-state index contributed by atoms with van der Waals surface area (Å²) in [7, 11) is 0. The number of fused-ring (bicyclic) bond motifs is 1. The number of carbonyl (C=O) groups excluding carboxylic acids is 2. The summed E-state index contributed by atoms with van der Waals surface area (Å²) in [5, 5.41) is 12.3. The number of benzene rings is 2. The SMILES string of the molecule is N#CC1Cc2cc(-c3ccc(C(=O)N4CCN(C(=O)C5(N)COC5)CC4)cc3)ccc2N1.